The van der Waals surface area contributed by atoms with E-state index in [2.05, 4.69) is 23.1 Å². The molecule has 1 saturated heterocycles. The molecule has 0 bridgehead atoms. The predicted molar refractivity (Wildman–Crippen MR) is 66.8 cm³/mol. The van der Waals surface area contributed by atoms with Crippen molar-refractivity contribution in [3.63, 3.8) is 0 Å². The van der Waals surface area contributed by atoms with Crippen molar-refractivity contribution in [2.75, 3.05) is 23.5 Å². The van der Waals surface area contributed by atoms with E-state index in [0.717, 1.165) is 17.3 Å². The molecule has 0 N–H and O–H groups in total. The van der Waals surface area contributed by atoms with Gasteiger partial charge in [0.15, 0.2) is 0 Å². The summed E-state index contributed by atoms with van der Waals surface area (Å²) in [5, 5.41) is 13.5. The number of thioether (sulfide) groups is 1. The molecule has 1 fully saturated rings. The second-order valence-corrected chi connectivity index (χ2v) is 5.30. The van der Waals surface area contributed by atoms with Crippen LogP contribution in [-0.2, 0) is 7.05 Å². The van der Waals surface area contributed by atoms with Gasteiger partial charge in [-0.05, 0) is 19.1 Å². The largest absolute Gasteiger partial charge is 0.355 e. The van der Waals surface area contributed by atoms with Gasteiger partial charge in [0.2, 0.25) is 0 Å². The summed E-state index contributed by atoms with van der Waals surface area (Å²) >= 11 is 1.98. The Balaban J connectivity index is 2.35. The Morgan fingerprint density at radius 3 is 2.94 bits per heavy atom. The fourth-order valence-electron chi connectivity index (χ4n) is 2.18. The molecule has 4 nitrogen and oxygen atoms in total. The van der Waals surface area contributed by atoms with Crippen molar-refractivity contribution in [2.45, 2.75) is 19.4 Å². The Morgan fingerprint density at radius 2 is 2.38 bits per heavy atom. The van der Waals surface area contributed by atoms with Gasteiger partial charge < -0.3 is 4.90 Å². The number of nitriles is 1. The van der Waals surface area contributed by atoms with Gasteiger partial charge in [-0.1, -0.05) is 0 Å². The Morgan fingerprint density at radius 1 is 1.62 bits per heavy atom. The van der Waals surface area contributed by atoms with Crippen molar-refractivity contribution in [1.82, 2.24) is 9.78 Å². The van der Waals surface area contributed by atoms with Crippen LogP contribution < -0.4 is 4.90 Å². The van der Waals surface area contributed by atoms with Gasteiger partial charge in [0, 0.05) is 25.9 Å². The van der Waals surface area contributed by atoms with Crippen molar-refractivity contribution in [2.24, 2.45) is 7.05 Å². The van der Waals surface area contributed by atoms with Crippen molar-refractivity contribution in [3.8, 4) is 6.07 Å². The highest BCUT2D eigenvalue weighted by atomic mass is 32.2. The van der Waals surface area contributed by atoms with Crippen LogP contribution in [-0.4, -0.2) is 34.4 Å². The molecule has 1 aliphatic rings. The maximum absolute atomic E-state index is 9.17. The lowest BCUT2D eigenvalue weighted by molar-refractivity contribution is 0.653. The summed E-state index contributed by atoms with van der Waals surface area (Å²) < 4.78 is 1.82. The van der Waals surface area contributed by atoms with Crippen LogP contribution in [0.2, 0.25) is 0 Å². The summed E-state index contributed by atoms with van der Waals surface area (Å²) in [6.45, 7) is 1.89. The molecule has 1 aliphatic heterocycles. The Labute approximate surface area is 100 Å². The van der Waals surface area contributed by atoms with Crippen LogP contribution in [0.25, 0.3) is 0 Å². The Hall–Kier alpha value is -1.15. The lowest BCUT2D eigenvalue weighted by atomic mass is 10.2. The van der Waals surface area contributed by atoms with Crippen LogP contribution in [0.5, 0.6) is 0 Å². The fourth-order valence-corrected chi connectivity index (χ4v) is 3.45. The summed E-state index contributed by atoms with van der Waals surface area (Å²) in [4.78, 5) is 2.21. The van der Waals surface area contributed by atoms with Crippen LogP contribution >= 0.6 is 11.8 Å². The van der Waals surface area contributed by atoms with Gasteiger partial charge in [-0.15, -0.1) is 0 Å². The minimum atomic E-state index is 0.534. The smallest absolute Gasteiger partial charge is 0.144 e. The molecule has 86 valence electrons. The van der Waals surface area contributed by atoms with E-state index in [0.29, 0.717) is 11.6 Å². The quantitative estimate of drug-likeness (QED) is 0.781. The molecule has 1 unspecified atom stereocenters. The summed E-state index contributed by atoms with van der Waals surface area (Å²) in [5.74, 6) is 3.31. The lowest BCUT2D eigenvalue weighted by Gasteiger charge is -2.25. The van der Waals surface area contributed by atoms with Gasteiger partial charge >= 0.3 is 0 Å². The molecule has 1 aromatic rings. The first-order chi connectivity index (χ1) is 7.65. The molecule has 1 aromatic heterocycles. The van der Waals surface area contributed by atoms with Gasteiger partial charge in [-0.2, -0.15) is 22.1 Å². The van der Waals surface area contributed by atoms with E-state index < -0.39 is 0 Å². The molecule has 16 heavy (non-hydrogen) atoms. The molecule has 1 atom stereocenters. The highest BCUT2D eigenvalue weighted by Crippen LogP contribution is 2.28. The molecule has 0 amide bonds. The standard InChI is InChI=1S/C11H16N4S/c1-8-10(6-12)11(15(3)13-8)14(2)9-4-5-16-7-9/h9H,4-5,7H2,1-3H3. The summed E-state index contributed by atoms with van der Waals surface area (Å²) in [6, 6.07) is 2.79. The molecular formula is C11H16N4S. The highest BCUT2D eigenvalue weighted by molar-refractivity contribution is 7.99. The average Bonchev–Trinajstić information content (AvgIpc) is 2.84. The Kier molecular flexibility index (Phi) is 3.10. The number of hydrogen-bond acceptors (Lipinski definition) is 4. The van der Waals surface area contributed by atoms with E-state index in [1.807, 2.05) is 30.4 Å². The van der Waals surface area contributed by atoms with E-state index in [4.69, 9.17) is 5.26 Å². The molecular weight excluding hydrogens is 220 g/mol. The van der Waals surface area contributed by atoms with Gasteiger partial charge in [0.1, 0.15) is 17.5 Å². The number of aromatic nitrogens is 2. The van der Waals surface area contributed by atoms with E-state index in [1.165, 1.54) is 12.2 Å². The predicted octanol–water partition coefficient (Wildman–Crippen LogP) is 1.54. The van der Waals surface area contributed by atoms with E-state index in [1.54, 1.807) is 0 Å². The van der Waals surface area contributed by atoms with E-state index >= 15 is 0 Å². The van der Waals surface area contributed by atoms with Gasteiger partial charge in [0.25, 0.3) is 0 Å². The molecule has 0 spiro atoms. The minimum Gasteiger partial charge on any atom is -0.355 e. The van der Waals surface area contributed by atoms with Crippen LogP contribution in [0.15, 0.2) is 0 Å². The fraction of sp³-hybridized carbons (Fsp3) is 0.636. The molecule has 0 aliphatic carbocycles. The first kappa shape index (κ1) is 11.3. The van der Waals surface area contributed by atoms with E-state index in [9.17, 15) is 0 Å². The molecule has 0 aromatic carbocycles. The van der Waals surface area contributed by atoms with Gasteiger partial charge in [0.05, 0.1) is 5.69 Å². The zero-order chi connectivity index (χ0) is 11.7. The summed E-state index contributed by atoms with van der Waals surface area (Å²) in [5.41, 5.74) is 1.53. The second kappa shape index (κ2) is 4.38. The van der Waals surface area contributed by atoms with Crippen molar-refractivity contribution in [3.05, 3.63) is 11.3 Å². The molecule has 5 heteroatoms. The van der Waals surface area contributed by atoms with Crippen molar-refractivity contribution >= 4 is 17.6 Å². The maximum Gasteiger partial charge on any atom is 0.144 e. The zero-order valence-electron chi connectivity index (χ0n) is 9.90. The first-order valence-electron chi connectivity index (χ1n) is 5.39. The third-order valence-corrected chi connectivity index (χ3v) is 4.24. The summed E-state index contributed by atoms with van der Waals surface area (Å²) in [7, 11) is 3.97. The van der Waals surface area contributed by atoms with Gasteiger partial charge in [-0.25, -0.2) is 0 Å². The zero-order valence-corrected chi connectivity index (χ0v) is 10.7. The lowest BCUT2D eigenvalue weighted by Crippen LogP contribution is -2.33. The molecule has 0 saturated carbocycles. The van der Waals surface area contributed by atoms with Crippen LogP contribution in [0.4, 0.5) is 5.82 Å². The third kappa shape index (κ3) is 1.78. The number of rotatable bonds is 2. The van der Waals surface area contributed by atoms with Crippen LogP contribution in [0.1, 0.15) is 17.7 Å². The van der Waals surface area contributed by atoms with E-state index in [-0.39, 0.29) is 0 Å². The monoisotopic (exact) mass is 236 g/mol. The molecule has 2 rings (SSSR count). The van der Waals surface area contributed by atoms with Gasteiger partial charge in [-0.3, -0.25) is 4.68 Å². The normalized spacial score (nSPS) is 19.8. The SMILES string of the molecule is Cc1nn(C)c(N(C)C2CCSC2)c1C#N. The van der Waals surface area contributed by atoms with Crippen LogP contribution in [0, 0.1) is 18.3 Å². The first-order valence-corrected chi connectivity index (χ1v) is 6.55. The molecule has 2 heterocycles. The average molecular weight is 236 g/mol. The van der Waals surface area contributed by atoms with Crippen LogP contribution in [0.3, 0.4) is 0 Å². The minimum absolute atomic E-state index is 0.534. The Bertz CT molecular complexity index is 426. The number of hydrogen-bond donors (Lipinski definition) is 0. The highest BCUT2D eigenvalue weighted by Gasteiger charge is 2.25. The summed E-state index contributed by atoms with van der Waals surface area (Å²) in [6.07, 6.45) is 1.19. The second-order valence-electron chi connectivity index (χ2n) is 4.15. The topological polar surface area (TPSA) is 44.9 Å². The van der Waals surface area contributed by atoms with Crippen molar-refractivity contribution in [1.29, 1.82) is 5.26 Å². The number of anilines is 1. The number of aryl methyl sites for hydroxylation is 2. The maximum atomic E-state index is 9.17. The molecule has 0 radical (unpaired) electrons. The third-order valence-electron chi connectivity index (χ3n) is 3.09. The van der Waals surface area contributed by atoms with Crippen molar-refractivity contribution < 1.29 is 0 Å². The number of nitrogens with zero attached hydrogens (tertiary/aromatic N) is 4.